The highest BCUT2D eigenvalue weighted by Gasteiger charge is 2.46. The molecule has 2 heterocycles. The lowest BCUT2D eigenvalue weighted by Crippen LogP contribution is -2.47. The number of hydrogen-bond donors (Lipinski definition) is 0. The zero-order valence-corrected chi connectivity index (χ0v) is 12.8. The van der Waals surface area contributed by atoms with Gasteiger partial charge in [-0.3, -0.25) is 9.59 Å². The van der Waals surface area contributed by atoms with Crippen LogP contribution in [0.15, 0.2) is 0 Å². The van der Waals surface area contributed by atoms with E-state index in [1.807, 2.05) is 9.80 Å². The van der Waals surface area contributed by atoms with Gasteiger partial charge in [-0.15, -0.1) is 0 Å². The second-order valence-electron chi connectivity index (χ2n) is 6.66. The molecule has 3 aliphatic rings. The van der Waals surface area contributed by atoms with Crippen LogP contribution >= 0.6 is 0 Å². The summed E-state index contributed by atoms with van der Waals surface area (Å²) in [5.41, 5.74) is -0.403. The Kier molecular flexibility index (Phi) is 4.48. The Morgan fingerprint density at radius 3 is 2.10 bits per heavy atom. The summed E-state index contributed by atoms with van der Waals surface area (Å²) in [5, 5.41) is 0. The van der Waals surface area contributed by atoms with Gasteiger partial charge in [0.05, 0.1) is 18.6 Å². The Morgan fingerprint density at radius 2 is 1.48 bits per heavy atom. The first-order valence-corrected chi connectivity index (χ1v) is 8.36. The lowest BCUT2D eigenvalue weighted by molar-refractivity contribution is -0.148. The molecule has 0 aromatic carbocycles. The molecular formula is C16H26N2O3. The summed E-state index contributed by atoms with van der Waals surface area (Å²) in [5.74, 6) is 0.395. The van der Waals surface area contributed by atoms with Crippen LogP contribution in [0.25, 0.3) is 0 Å². The van der Waals surface area contributed by atoms with Gasteiger partial charge in [0, 0.05) is 32.6 Å². The smallest absolute Gasteiger partial charge is 0.229 e. The minimum atomic E-state index is -0.403. The molecule has 0 aromatic rings. The maximum Gasteiger partial charge on any atom is 0.229 e. The number of likely N-dealkylation sites (tertiary alicyclic amines) is 1. The van der Waals surface area contributed by atoms with Crippen LogP contribution in [0.5, 0.6) is 0 Å². The van der Waals surface area contributed by atoms with Crippen molar-refractivity contribution in [2.45, 2.75) is 44.9 Å². The molecule has 1 aliphatic carbocycles. The van der Waals surface area contributed by atoms with E-state index < -0.39 is 5.41 Å². The fraction of sp³-hybridized carbons (Fsp3) is 0.875. The highest BCUT2D eigenvalue weighted by atomic mass is 16.5. The first kappa shape index (κ1) is 14.8. The van der Waals surface area contributed by atoms with Crippen LogP contribution < -0.4 is 0 Å². The SMILES string of the molecule is O=C(CC1(C(=O)N2CCCC2)CCCC1)N1CCOCC1. The van der Waals surface area contributed by atoms with Crippen molar-refractivity contribution in [3.05, 3.63) is 0 Å². The van der Waals surface area contributed by atoms with Gasteiger partial charge in [-0.2, -0.15) is 0 Å². The van der Waals surface area contributed by atoms with Crippen LogP contribution in [0, 0.1) is 5.41 Å². The van der Waals surface area contributed by atoms with E-state index in [0.717, 1.165) is 51.6 Å². The van der Waals surface area contributed by atoms with Gasteiger partial charge in [0.2, 0.25) is 11.8 Å². The van der Waals surface area contributed by atoms with Crippen LogP contribution in [-0.2, 0) is 14.3 Å². The second-order valence-corrected chi connectivity index (χ2v) is 6.66. The van der Waals surface area contributed by atoms with E-state index in [0.29, 0.717) is 32.7 Å². The van der Waals surface area contributed by atoms with Crippen molar-refractivity contribution < 1.29 is 14.3 Å². The highest BCUT2D eigenvalue weighted by molar-refractivity contribution is 5.89. The molecule has 0 atom stereocenters. The molecule has 0 spiro atoms. The third kappa shape index (κ3) is 3.07. The molecule has 0 radical (unpaired) electrons. The zero-order valence-electron chi connectivity index (χ0n) is 12.8. The van der Waals surface area contributed by atoms with E-state index in [1.165, 1.54) is 0 Å². The van der Waals surface area contributed by atoms with Crippen molar-refractivity contribution in [1.29, 1.82) is 0 Å². The molecule has 0 bridgehead atoms. The van der Waals surface area contributed by atoms with Crippen molar-refractivity contribution in [2.24, 2.45) is 5.41 Å². The third-order valence-corrected chi connectivity index (χ3v) is 5.26. The molecule has 118 valence electrons. The van der Waals surface area contributed by atoms with Gasteiger partial charge >= 0.3 is 0 Å². The molecule has 3 rings (SSSR count). The fourth-order valence-electron chi connectivity index (χ4n) is 3.99. The maximum absolute atomic E-state index is 12.9. The van der Waals surface area contributed by atoms with Crippen LogP contribution in [0.1, 0.15) is 44.9 Å². The number of hydrogen-bond acceptors (Lipinski definition) is 3. The number of carbonyl (C=O) groups is 2. The molecule has 5 nitrogen and oxygen atoms in total. The Hall–Kier alpha value is -1.10. The summed E-state index contributed by atoms with van der Waals surface area (Å²) in [6, 6.07) is 0. The average molecular weight is 294 g/mol. The number of carbonyl (C=O) groups excluding carboxylic acids is 2. The number of amides is 2. The normalized spacial score (nSPS) is 25.3. The Labute approximate surface area is 126 Å². The molecule has 21 heavy (non-hydrogen) atoms. The van der Waals surface area contributed by atoms with Crippen molar-refractivity contribution in [2.75, 3.05) is 39.4 Å². The van der Waals surface area contributed by atoms with E-state index in [-0.39, 0.29) is 11.8 Å². The predicted molar refractivity (Wildman–Crippen MR) is 78.7 cm³/mol. The van der Waals surface area contributed by atoms with Gasteiger partial charge in [-0.1, -0.05) is 12.8 Å². The van der Waals surface area contributed by atoms with Gasteiger partial charge in [0.15, 0.2) is 0 Å². The summed E-state index contributed by atoms with van der Waals surface area (Å²) in [6.07, 6.45) is 6.56. The minimum Gasteiger partial charge on any atom is -0.378 e. The maximum atomic E-state index is 12.9. The van der Waals surface area contributed by atoms with Crippen LogP contribution in [0.2, 0.25) is 0 Å². The zero-order chi connectivity index (χ0) is 14.7. The summed E-state index contributed by atoms with van der Waals surface area (Å²) in [4.78, 5) is 29.4. The fourth-order valence-corrected chi connectivity index (χ4v) is 3.99. The highest BCUT2D eigenvalue weighted by Crippen LogP contribution is 2.43. The topological polar surface area (TPSA) is 49.9 Å². The first-order valence-electron chi connectivity index (χ1n) is 8.36. The molecule has 1 saturated carbocycles. The lowest BCUT2D eigenvalue weighted by Gasteiger charge is -2.35. The quantitative estimate of drug-likeness (QED) is 0.791. The second kappa shape index (κ2) is 6.34. The molecule has 2 aliphatic heterocycles. The summed E-state index contributed by atoms with van der Waals surface area (Å²) in [7, 11) is 0. The van der Waals surface area contributed by atoms with Crippen molar-refractivity contribution in [3.8, 4) is 0 Å². The summed E-state index contributed by atoms with van der Waals surface area (Å²) < 4.78 is 5.30. The minimum absolute atomic E-state index is 0.146. The van der Waals surface area contributed by atoms with Crippen LogP contribution in [0.3, 0.4) is 0 Å². The molecule has 2 amide bonds. The molecular weight excluding hydrogens is 268 g/mol. The van der Waals surface area contributed by atoms with E-state index in [2.05, 4.69) is 0 Å². The lowest BCUT2D eigenvalue weighted by atomic mass is 9.80. The van der Waals surface area contributed by atoms with Gasteiger partial charge < -0.3 is 14.5 Å². The van der Waals surface area contributed by atoms with Gasteiger partial charge in [0.1, 0.15) is 0 Å². The Bertz CT molecular complexity index is 392. The summed E-state index contributed by atoms with van der Waals surface area (Å²) in [6.45, 7) is 4.36. The third-order valence-electron chi connectivity index (χ3n) is 5.26. The Morgan fingerprint density at radius 1 is 0.857 bits per heavy atom. The van der Waals surface area contributed by atoms with Crippen molar-refractivity contribution in [3.63, 3.8) is 0 Å². The molecule has 5 heteroatoms. The largest absolute Gasteiger partial charge is 0.378 e. The molecule has 3 fully saturated rings. The number of nitrogens with zero attached hydrogens (tertiary/aromatic N) is 2. The molecule has 0 N–H and O–H groups in total. The van der Waals surface area contributed by atoms with E-state index in [1.54, 1.807) is 0 Å². The monoisotopic (exact) mass is 294 g/mol. The predicted octanol–water partition coefficient (Wildman–Crippen LogP) is 1.42. The van der Waals surface area contributed by atoms with Crippen molar-refractivity contribution in [1.82, 2.24) is 9.80 Å². The number of ether oxygens (including phenoxy) is 1. The van der Waals surface area contributed by atoms with Crippen LogP contribution in [0.4, 0.5) is 0 Å². The van der Waals surface area contributed by atoms with Crippen molar-refractivity contribution >= 4 is 11.8 Å². The number of morpholine rings is 1. The first-order chi connectivity index (χ1) is 10.2. The standard InChI is InChI=1S/C16H26N2O3/c19-14(17-9-11-21-12-10-17)13-16(5-1-2-6-16)15(20)18-7-3-4-8-18/h1-13H2. The van der Waals surface area contributed by atoms with E-state index in [9.17, 15) is 9.59 Å². The molecule has 2 saturated heterocycles. The van der Waals surface area contributed by atoms with Gasteiger partial charge in [-0.05, 0) is 25.7 Å². The van der Waals surface area contributed by atoms with Gasteiger partial charge in [-0.25, -0.2) is 0 Å². The van der Waals surface area contributed by atoms with E-state index in [4.69, 9.17) is 4.74 Å². The summed E-state index contributed by atoms with van der Waals surface area (Å²) >= 11 is 0. The Balaban J connectivity index is 1.68. The molecule has 0 aromatic heterocycles. The van der Waals surface area contributed by atoms with E-state index >= 15 is 0 Å². The average Bonchev–Trinajstić information content (AvgIpc) is 3.19. The van der Waals surface area contributed by atoms with Gasteiger partial charge in [0.25, 0.3) is 0 Å². The van der Waals surface area contributed by atoms with Crippen LogP contribution in [-0.4, -0.2) is 61.0 Å². The number of rotatable bonds is 3. The molecule has 0 unspecified atom stereocenters.